The number of carbonyl (C=O) groups is 4. The van der Waals surface area contributed by atoms with E-state index >= 15 is 0 Å². The van der Waals surface area contributed by atoms with Gasteiger partial charge >= 0.3 is 5.97 Å². The number of halogens is 1. The molecule has 1 aromatic carbocycles. The van der Waals surface area contributed by atoms with E-state index in [2.05, 4.69) is 0 Å². The van der Waals surface area contributed by atoms with Gasteiger partial charge < -0.3 is 10.4 Å². The van der Waals surface area contributed by atoms with Crippen LogP contribution in [0.5, 0.6) is 0 Å². The van der Waals surface area contributed by atoms with Crippen molar-refractivity contribution in [2.75, 3.05) is 6.54 Å². The van der Waals surface area contributed by atoms with Gasteiger partial charge in [0.15, 0.2) is 17.5 Å². The quantitative estimate of drug-likeness (QED) is 0.750. The lowest BCUT2D eigenvalue weighted by Gasteiger charge is -2.06. The van der Waals surface area contributed by atoms with Gasteiger partial charge in [0.1, 0.15) is 12.4 Å². The zero-order chi connectivity index (χ0) is 14.2. The number of ketones is 2. The van der Waals surface area contributed by atoms with Crippen molar-refractivity contribution in [3.63, 3.8) is 0 Å². The highest BCUT2D eigenvalue weighted by atomic mass is 19.1. The van der Waals surface area contributed by atoms with Gasteiger partial charge in [0.05, 0.1) is 0 Å². The van der Waals surface area contributed by atoms with Gasteiger partial charge in [-0.05, 0) is 18.2 Å². The van der Waals surface area contributed by atoms with Crippen LogP contribution in [-0.2, 0) is 9.59 Å². The molecule has 0 radical (unpaired) electrons. The number of amides is 1. The van der Waals surface area contributed by atoms with Crippen LogP contribution in [0.1, 0.15) is 20.7 Å². The minimum atomic E-state index is -1.63. The maximum absolute atomic E-state index is 13.0. The SMILES string of the molecule is O=C(O)CNC(=O)C1C(=O)c2ccc(F)cc2C1=O. The summed E-state index contributed by atoms with van der Waals surface area (Å²) >= 11 is 0. The number of aliphatic carboxylic acids is 1. The molecule has 0 spiro atoms. The number of hydrogen-bond acceptors (Lipinski definition) is 4. The predicted octanol–water partition coefficient (Wildman–Crippen LogP) is 0.0217. The van der Waals surface area contributed by atoms with Gasteiger partial charge in [-0.2, -0.15) is 0 Å². The maximum Gasteiger partial charge on any atom is 0.322 e. The van der Waals surface area contributed by atoms with E-state index in [9.17, 15) is 23.6 Å². The third-order valence-electron chi connectivity index (χ3n) is 2.71. The summed E-state index contributed by atoms with van der Waals surface area (Å²) in [7, 11) is 0. The highest BCUT2D eigenvalue weighted by molar-refractivity contribution is 6.35. The van der Waals surface area contributed by atoms with Gasteiger partial charge in [-0.1, -0.05) is 0 Å². The second-order valence-corrected chi connectivity index (χ2v) is 3.96. The summed E-state index contributed by atoms with van der Waals surface area (Å²) in [6, 6.07) is 3.04. The van der Waals surface area contributed by atoms with Crippen LogP contribution in [0.25, 0.3) is 0 Å². The minimum absolute atomic E-state index is 0.0260. The summed E-state index contributed by atoms with van der Waals surface area (Å²) in [4.78, 5) is 45.6. The monoisotopic (exact) mass is 265 g/mol. The molecule has 6 nitrogen and oxygen atoms in total. The second-order valence-electron chi connectivity index (χ2n) is 3.96. The molecular formula is C12H8FNO5. The first-order chi connectivity index (χ1) is 8.91. The summed E-state index contributed by atoms with van der Waals surface area (Å²) in [5.74, 6) is -6.17. The van der Waals surface area contributed by atoms with Crippen molar-refractivity contribution in [2.45, 2.75) is 0 Å². The van der Waals surface area contributed by atoms with Gasteiger partial charge in [-0.15, -0.1) is 0 Å². The van der Waals surface area contributed by atoms with Crippen LogP contribution in [-0.4, -0.2) is 35.1 Å². The number of carboxylic acid groups (broad SMARTS) is 1. The topological polar surface area (TPSA) is 101 Å². The van der Waals surface area contributed by atoms with Crippen molar-refractivity contribution in [3.05, 3.63) is 35.1 Å². The Labute approximate surface area is 106 Å². The third kappa shape index (κ3) is 2.22. The molecule has 2 N–H and O–H groups in total. The third-order valence-corrected chi connectivity index (χ3v) is 2.71. The van der Waals surface area contributed by atoms with Gasteiger partial charge in [0.2, 0.25) is 5.91 Å². The van der Waals surface area contributed by atoms with Crippen molar-refractivity contribution in [1.82, 2.24) is 5.32 Å². The highest BCUT2D eigenvalue weighted by Crippen LogP contribution is 2.27. The number of fused-ring (bicyclic) bond motifs is 1. The molecule has 0 saturated heterocycles. The van der Waals surface area contributed by atoms with Crippen LogP contribution in [0, 0.1) is 11.7 Å². The molecule has 1 amide bonds. The van der Waals surface area contributed by atoms with E-state index in [0.717, 1.165) is 18.2 Å². The second kappa shape index (κ2) is 4.60. The lowest BCUT2D eigenvalue weighted by molar-refractivity contribution is -0.138. The minimum Gasteiger partial charge on any atom is -0.480 e. The number of Topliss-reactive ketones (excluding diaryl/α,β-unsaturated/α-hetero) is 2. The van der Waals surface area contributed by atoms with Crippen LogP contribution in [0.15, 0.2) is 18.2 Å². The van der Waals surface area contributed by atoms with Gasteiger partial charge in [0, 0.05) is 11.1 Å². The molecule has 0 saturated carbocycles. The molecule has 2 rings (SSSR count). The van der Waals surface area contributed by atoms with E-state index in [0.29, 0.717) is 0 Å². The maximum atomic E-state index is 13.0. The lowest BCUT2D eigenvalue weighted by Crippen LogP contribution is -2.39. The average molecular weight is 265 g/mol. The molecule has 0 aromatic heterocycles. The van der Waals surface area contributed by atoms with Crippen LogP contribution < -0.4 is 5.32 Å². The smallest absolute Gasteiger partial charge is 0.322 e. The Kier molecular flexibility index (Phi) is 3.12. The zero-order valence-corrected chi connectivity index (χ0v) is 9.47. The fourth-order valence-electron chi connectivity index (χ4n) is 1.87. The van der Waals surface area contributed by atoms with Crippen molar-refractivity contribution >= 4 is 23.4 Å². The van der Waals surface area contributed by atoms with Crippen LogP contribution in [0.2, 0.25) is 0 Å². The molecule has 1 atom stereocenters. The van der Waals surface area contributed by atoms with Crippen LogP contribution in [0.4, 0.5) is 4.39 Å². The summed E-state index contributed by atoms with van der Waals surface area (Å²) in [5, 5.41) is 10.4. The molecule has 0 bridgehead atoms. The first-order valence-electron chi connectivity index (χ1n) is 5.29. The molecule has 1 aromatic rings. The number of benzene rings is 1. The Morgan fingerprint density at radius 2 is 1.84 bits per heavy atom. The summed E-state index contributed by atoms with van der Waals surface area (Å²) in [5.41, 5.74) is -0.178. The normalized spacial score (nSPS) is 17.2. The molecule has 1 unspecified atom stereocenters. The number of hydrogen-bond donors (Lipinski definition) is 2. The van der Waals surface area contributed by atoms with E-state index in [1.54, 1.807) is 0 Å². The van der Waals surface area contributed by atoms with Crippen molar-refractivity contribution < 1.29 is 28.7 Å². The predicted molar refractivity (Wildman–Crippen MR) is 59.2 cm³/mol. The molecule has 7 heteroatoms. The van der Waals surface area contributed by atoms with E-state index in [1.807, 2.05) is 5.32 Å². The summed E-state index contributed by atoms with van der Waals surface area (Å²) < 4.78 is 13.0. The number of rotatable bonds is 3. The molecule has 0 heterocycles. The Bertz CT molecular complexity index is 610. The average Bonchev–Trinajstić information content (AvgIpc) is 2.59. The van der Waals surface area contributed by atoms with Gasteiger partial charge in [-0.3, -0.25) is 19.2 Å². The molecule has 0 aliphatic heterocycles. The number of carbonyl (C=O) groups excluding carboxylic acids is 3. The summed E-state index contributed by atoms with van der Waals surface area (Å²) in [6.45, 7) is -0.694. The molecule has 0 fully saturated rings. The highest BCUT2D eigenvalue weighted by Gasteiger charge is 2.43. The Balaban J connectivity index is 2.27. The van der Waals surface area contributed by atoms with Crippen molar-refractivity contribution in [2.24, 2.45) is 5.92 Å². The standard InChI is InChI=1S/C12H8FNO5/c13-5-1-2-6-7(3-5)11(18)9(10(6)17)12(19)14-4-8(15)16/h1-3,9H,4H2,(H,14,19)(H,15,16). The number of nitrogens with one attached hydrogen (secondary N) is 1. The molecular weight excluding hydrogens is 257 g/mol. The van der Waals surface area contributed by atoms with E-state index in [1.165, 1.54) is 0 Å². The Morgan fingerprint density at radius 3 is 2.47 bits per heavy atom. The van der Waals surface area contributed by atoms with E-state index in [-0.39, 0.29) is 11.1 Å². The lowest BCUT2D eigenvalue weighted by atomic mass is 10.0. The molecule has 1 aliphatic carbocycles. The Hall–Kier alpha value is -2.57. The number of carboxylic acids is 1. The van der Waals surface area contributed by atoms with Gasteiger partial charge in [-0.25, -0.2) is 4.39 Å². The first-order valence-corrected chi connectivity index (χ1v) is 5.29. The zero-order valence-electron chi connectivity index (χ0n) is 9.47. The van der Waals surface area contributed by atoms with Crippen LogP contribution >= 0.6 is 0 Å². The summed E-state index contributed by atoms with van der Waals surface area (Å²) in [6.07, 6.45) is 0. The van der Waals surface area contributed by atoms with Crippen LogP contribution in [0.3, 0.4) is 0 Å². The molecule has 19 heavy (non-hydrogen) atoms. The van der Waals surface area contributed by atoms with Gasteiger partial charge in [0.25, 0.3) is 0 Å². The first kappa shape index (κ1) is 12.9. The molecule has 98 valence electrons. The van der Waals surface area contributed by atoms with Crippen molar-refractivity contribution in [3.8, 4) is 0 Å². The fourth-order valence-corrected chi connectivity index (χ4v) is 1.87. The Morgan fingerprint density at radius 1 is 1.21 bits per heavy atom. The van der Waals surface area contributed by atoms with E-state index < -0.39 is 41.7 Å². The largest absolute Gasteiger partial charge is 0.480 e. The van der Waals surface area contributed by atoms with E-state index in [4.69, 9.17) is 5.11 Å². The van der Waals surface area contributed by atoms with Crippen molar-refractivity contribution in [1.29, 1.82) is 0 Å². The fraction of sp³-hybridized carbons (Fsp3) is 0.167. The molecule has 1 aliphatic rings.